The highest BCUT2D eigenvalue weighted by molar-refractivity contribution is 5.83. The van der Waals surface area contributed by atoms with E-state index in [4.69, 9.17) is 0 Å². The molecule has 1 aliphatic heterocycles. The quantitative estimate of drug-likeness (QED) is 0.880. The fraction of sp³-hybridized carbons (Fsp3) is 0.588. The maximum absolute atomic E-state index is 12.2. The second-order valence-electron chi connectivity index (χ2n) is 6.54. The van der Waals surface area contributed by atoms with Crippen LogP contribution < -0.4 is 10.6 Å². The van der Waals surface area contributed by atoms with Crippen molar-refractivity contribution in [2.24, 2.45) is 5.92 Å². The molecule has 0 radical (unpaired) electrons. The van der Waals surface area contributed by atoms with Crippen molar-refractivity contribution in [2.45, 2.75) is 44.7 Å². The van der Waals surface area contributed by atoms with E-state index in [1.807, 2.05) is 18.2 Å². The summed E-state index contributed by atoms with van der Waals surface area (Å²) in [5, 5.41) is 6.59. The van der Waals surface area contributed by atoms with Crippen LogP contribution in [0.2, 0.25) is 0 Å². The largest absolute Gasteiger partial charge is 0.367 e. The lowest BCUT2D eigenvalue weighted by Gasteiger charge is -2.39. The number of carbonyl (C=O) groups is 2. The Morgan fingerprint density at radius 2 is 1.83 bits per heavy atom. The summed E-state index contributed by atoms with van der Waals surface area (Å²) in [4.78, 5) is 29.3. The lowest BCUT2D eigenvalue weighted by Crippen LogP contribution is -2.56. The Kier molecular flexibility index (Phi) is 4.79. The van der Waals surface area contributed by atoms with Gasteiger partial charge in [0, 0.05) is 38.3 Å². The monoisotopic (exact) mass is 316 g/mol. The molecule has 2 aliphatic rings. The van der Waals surface area contributed by atoms with Crippen LogP contribution >= 0.6 is 0 Å². The van der Waals surface area contributed by atoms with Crippen LogP contribution in [0.1, 0.15) is 32.6 Å². The third-order valence-electron chi connectivity index (χ3n) is 4.79. The molecule has 3 rings (SSSR count). The molecular weight excluding hydrogens is 292 g/mol. The first-order valence-electron chi connectivity index (χ1n) is 8.35. The van der Waals surface area contributed by atoms with E-state index in [0.717, 1.165) is 31.5 Å². The Bertz CT molecular complexity index is 549. The van der Waals surface area contributed by atoms with Gasteiger partial charge in [-0.15, -0.1) is 0 Å². The zero-order valence-corrected chi connectivity index (χ0v) is 13.5. The zero-order chi connectivity index (χ0) is 16.2. The van der Waals surface area contributed by atoms with Crippen LogP contribution in [0, 0.1) is 5.92 Å². The number of carbonyl (C=O) groups excluding carboxylic acids is 2. The Morgan fingerprint density at radius 3 is 2.43 bits per heavy atom. The van der Waals surface area contributed by atoms with E-state index in [1.54, 1.807) is 18.0 Å². The average Bonchev–Trinajstić information content (AvgIpc) is 2.48. The highest BCUT2D eigenvalue weighted by Crippen LogP contribution is 2.23. The zero-order valence-electron chi connectivity index (χ0n) is 13.5. The minimum Gasteiger partial charge on any atom is -0.367 e. The van der Waals surface area contributed by atoms with Crippen molar-refractivity contribution in [3.63, 3.8) is 0 Å². The maximum Gasteiger partial charge on any atom is 0.226 e. The van der Waals surface area contributed by atoms with Gasteiger partial charge in [0.2, 0.25) is 11.8 Å². The maximum atomic E-state index is 12.2. The second-order valence-corrected chi connectivity index (χ2v) is 6.54. The van der Waals surface area contributed by atoms with E-state index in [0.29, 0.717) is 19.1 Å². The molecule has 1 saturated heterocycles. The topological polar surface area (TPSA) is 74.3 Å². The van der Waals surface area contributed by atoms with Crippen LogP contribution in [0.4, 0.5) is 5.82 Å². The number of nitrogens with zero attached hydrogens (tertiary/aromatic N) is 2. The Labute approximate surface area is 136 Å². The van der Waals surface area contributed by atoms with Gasteiger partial charge in [0.1, 0.15) is 5.82 Å². The number of hydrogen-bond acceptors (Lipinski definition) is 4. The fourth-order valence-corrected chi connectivity index (χ4v) is 3.26. The molecule has 23 heavy (non-hydrogen) atoms. The number of pyridine rings is 1. The molecular formula is C17H24N4O2. The summed E-state index contributed by atoms with van der Waals surface area (Å²) in [7, 11) is 0. The van der Waals surface area contributed by atoms with Crippen LogP contribution in [-0.2, 0) is 9.59 Å². The molecule has 0 spiro atoms. The highest BCUT2D eigenvalue weighted by Gasteiger charge is 2.35. The van der Waals surface area contributed by atoms with Gasteiger partial charge < -0.3 is 15.5 Å². The van der Waals surface area contributed by atoms with Gasteiger partial charge in [-0.25, -0.2) is 4.98 Å². The van der Waals surface area contributed by atoms with E-state index in [1.165, 1.54) is 0 Å². The van der Waals surface area contributed by atoms with E-state index in [9.17, 15) is 9.59 Å². The van der Waals surface area contributed by atoms with Crippen molar-refractivity contribution in [3.05, 3.63) is 24.4 Å². The normalized spacial score (nSPS) is 24.7. The standard InChI is InChI=1S/C17H24N4O2/c1-12(22)21-10-13(11-21)17(23)20-15-7-5-14(6-8-15)19-16-4-2-3-9-18-16/h2-4,9,13-15H,5-8,10-11H2,1H3,(H,18,19)(H,20,23). The minimum absolute atomic E-state index is 0.0248. The van der Waals surface area contributed by atoms with Crippen molar-refractivity contribution < 1.29 is 9.59 Å². The van der Waals surface area contributed by atoms with Crippen molar-refractivity contribution in [1.82, 2.24) is 15.2 Å². The van der Waals surface area contributed by atoms with Gasteiger partial charge in [-0.2, -0.15) is 0 Å². The van der Waals surface area contributed by atoms with Gasteiger partial charge in [-0.3, -0.25) is 9.59 Å². The van der Waals surface area contributed by atoms with Crippen LogP contribution in [0.5, 0.6) is 0 Å². The molecule has 0 atom stereocenters. The van der Waals surface area contributed by atoms with E-state index in [-0.39, 0.29) is 23.8 Å². The number of likely N-dealkylation sites (tertiary alicyclic amines) is 1. The summed E-state index contributed by atoms with van der Waals surface area (Å²) in [6.07, 6.45) is 5.83. The summed E-state index contributed by atoms with van der Waals surface area (Å²) in [6.45, 7) is 2.68. The number of hydrogen-bond donors (Lipinski definition) is 2. The van der Waals surface area contributed by atoms with Gasteiger partial charge in [0.25, 0.3) is 0 Å². The van der Waals surface area contributed by atoms with Gasteiger partial charge in [-0.1, -0.05) is 6.07 Å². The van der Waals surface area contributed by atoms with E-state index in [2.05, 4.69) is 15.6 Å². The Hall–Kier alpha value is -2.11. The van der Waals surface area contributed by atoms with Crippen molar-refractivity contribution in [1.29, 1.82) is 0 Å². The molecule has 1 aromatic rings. The van der Waals surface area contributed by atoms with Gasteiger partial charge >= 0.3 is 0 Å². The summed E-state index contributed by atoms with van der Waals surface area (Å²) in [5.41, 5.74) is 0. The Balaban J connectivity index is 1.38. The molecule has 2 fully saturated rings. The van der Waals surface area contributed by atoms with Gasteiger partial charge in [0.05, 0.1) is 5.92 Å². The predicted octanol–water partition coefficient (Wildman–Crippen LogP) is 1.40. The molecule has 2 amide bonds. The molecule has 0 bridgehead atoms. The molecule has 1 saturated carbocycles. The molecule has 124 valence electrons. The Morgan fingerprint density at radius 1 is 1.13 bits per heavy atom. The molecule has 0 aromatic carbocycles. The summed E-state index contributed by atoms with van der Waals surface area (Å²) in [5.74, 6) is 1.04. The van der Waals surface area contributed by atoms with Crippen LogP contribution in [0.25, 0.3) is 0 Å². The minimum atomic E-state index is -0.0248. The second kappa shape index (κ2) is 6.98. The van der Waals surface area contributed by atoms with Crippen LogP contribution in [0.15, 0.2) is 24.4 Å². The molecule has 6 nitrogen and oxygen atoms in total. The molecule has 1 aromatic heterocycles. The van der Waals surface area contributed by atoms with E-state index < -0.39 is 0 Å². The van der Waals surface area contributed by atoms with Crippen LogP contribution in [0.3, 0.4) is 0 Å². The fourth-order valence-electron chi connectivity index (χ4n) is 3.26. The third-order valence-corrected chi connectivity index (χ3v) is 4.79. The number of anilines is 1. The summed E-state index contributed by atoms with van der Waals surface area (Å²) in [6, 6.07) is 6.55. The molecule has 6 heteroatoms. The number of amides is 2. The van der Waals surface area contributed by atoms with Gasteiger partial charge in [0.15, 0.2) is 0 Å². The highest BCUT2D eigenvalue weighted by atomic mass is 16.2. The van der Waals surface area contributed by atoms with Crippen LogP contribution in [-0.4, -0.2) is 46.9 Å². The van der Waals surface area contributed by atoms with Crippen molar-refractivity contribution in [3.8, 4) is 0 Å². The first kappa shape index (κ1) is 15.8. The SMILES string of the molecule is CC(=O)N1CC(C(=O)NC2CCC(Nc3ccccn3)CC2)C1. The predicted molar refractivity (Wildman–Crippen MR) is 87.8 cm³/mol. The molecule has 2 heterocycles. The van der Waals surface area contributed by atoms with Gasteiger partial charge in [-0.05, 0) is 37.8 Å². The van der Waals surface area contributed by atoms with E-state index >= 15 is 0 Å². The average molecular weight is 316 g/mol. The van der Waals surface area contributed by atoms with Crippen molar-refractivity contribution in [2.75, 3.05) is 18.4 Å². The summed E-state index contributed by atoms with van der Waals surface area (Å²) >= 11 is 0. The lowest BCUT2D eigenvalue weighted by molar-refractivity contribution is -0.141. The summed E-state index contributed by atoms with van der Waals surface area (Å²) < 4.78 is 0. The molecule has 2 N–H and O–H groups in total. The first-order chi connectivity index (χ1) is 11.1. The van der Waals surface area contributed by atoms with Crippen molar-refractivity contribution >= 4 is 17.6 Å². The number of rotatable bonds is 4. The first-order valence-corrected chi connectivity index (χ1v) is 8.35. The molecule has 1 aliphatic carbocycles. The molecule has 0 unspecified atom stereocenters. The third kappa shape index (κ3) is 4.00. The number of nitrogens with one attached hydrogen (secondary N) is 2. The number of aromatic nitrogens is 1. The lowest BCUT2D eigenvalue weighted by atomic mass is 9.90. The smallest absolute Gasteiger partial charge is 0.226 e.